The smallest absolute Gasteiger partial charge is 0.316 e. The van der Waals surface area contributed by atoms with Crippen LogP contribution in [0, 0.1) is 11.8 Å². The standard InChI is InChI=1S/C27H43N11O11/c28-3-1-2-12(29)5-18(42)34-15-8-32-25(48)20(13-6-19(43)38-26(30)37-13)22(45)21(44)14(7-33-27(31)49)35-23(46)11(9-39)4-17(41)16(10-40)36-24(15)47/h7,11-13,15-16,19-20,39-40,43H,1-6,8-10,28-29H2,(H,32,48)(H,34,42)(H,35,46)(H,36,47)(H3,30,37,38)(H3,31,33,49)/b14-7-/t11-,12-,13+,15?,16-,19-,20+/m0/s1. The van der Waals surface area contributed by atoms with Crippen LogP contribution in [-0.4, -0.2) is 125 Å². The number of allylic oxidation sites excluding steroid dienone is 1. The van der Waals surface area contributed by atoms with Crippen molar-refractivity contribution in [2.75, 3.05) is 26.3 Å². The fourth-order valence-electron chi connectivity index (χ4n) is 4.86. The summed E-state index contributed by atoms with van der Waals surface area (Å²) in [6.45, 7) is -2.41. The molecule has 0 aromatic carbocycles. The molecular weight excluding hydrogens is 654 g/mol. The summed E-state index contributed by atoms with van der Waals surface area (Å²) < 4.78 is 0. The Morgan fingerprint density at radius 1 is 1.04 bits per heavy atom. The summed E-state index contributed by atoms with van der Waals surface area (Å²) in [5.74, 6) is -12.4. The molecule has 49 heavy (non-hydrogen) atoms. The molecule has 0 spiro atoms. The zero-order chi connectivity index (χ0) is 36.8. The predicted octanol–water partition coefficient (Wildman–Crippen LogP) is -7.52. The molecule has 0 bridgehead atoms. The molecule has 0 aromatic heterocycles. The van der Waals surface area contributed by atoms with Gasteiger partial charge in [0.1, 0.15) is 23.7 Å². The number of primary amides is 1. The molecule has 2 aliphatic heterocycles. The lowest BCUT2D eigenvalue weighted by Crippen LogP contribution is -2.60. The van der Waals surface area contributed by atoms with Gasteiger partial charge in [-0.15, -0.1) is 0 Å². The first-order valence-corrected chi connectivity index (χ1v) is 15.1. The van der Waals surface area contributed by atoms with Crippen molar-refractivity contribution >= 4 is 53.0 Å². The van der Waals surface area contributed by atoms with Crippen LogP contribution in [0.5, 0.6) is 0 Å². The second-order valence-electron chi connectivity index (χ2n) is 11.3. The highest BCUT2D eigenvalue weighted by molar-refractivity contribution is 6.47. The molecule has 1 unspecified atom stereocenters. The summed E-state index contributed by atoms with van der Waals surface area (Å²) in [4.78, 5) is 108. The monoisotopic (exact) mass is 697 g/mol. The second-order valence-corrected chi connectivity index (χ2v) is 11.3. The van der Waals surface area contributed by atoms with E-state index in [4.69, 9.17) is 22.9 Å². The van der Waals surface area contributed by atoms with Crippen LogP contribution >= 0.6 is 0 Å². The Balaban J connectivity index is 2.61. The average molecular weight is 698 g/mol. The summed E-state index contributed by atoms with van der Waals surface area (Å²) in [5, 5.41) is 43.2. The Hall–Kier alpha value is -5.03. The van der Waals surface area contributed by atoms with Crippen molar-refractivity contribution in [1.29, 1.82) is 0 Å². The Bertz CT molecular complexity index is 1360. The lowest BCUT2D eigenvalue weighted by atomic mass is 9.87. The van der Waals surface area contributed by atoms with Gasteiger partial charge in [-0.25, -0.2) is 9.79 Å². The minimum atomic E-state index is -2.04. The number of amides is 6. The molecule has 1 fully saturated rings. The number of aliphatic hydroxyl groups excluding tert-OH is 3. The van der Waals surface area contributed by atoms with Crippen molar-refractivity contribution in [1.82, 2.24) is 31.9 Å². The van der Waals surface area contributed by atoms with Crippen molar-refractivity contribution < 1.29 is 53.7 Å². The number of nitrogens with zero attached hydrogens (tertiary/aromatic N) is 1. The van der Waals surface area contributed by atoms with Gasteiger partial charge in [-0.2, -0.15) is 0 Å². The van der Waals surface area contributed by atoms with Crippen LogP contribution in [0.2, 0.25) is 0 Å². The predicted molar refractivity (Wildman–Crippen MR) is 167 cm³/mol. The van der Waals surface area contributed by atoms with Gasteiger partial charge in [0, 0.05) is 38.0 Å². The lowest BCUT2D eigenvalue weighted by molar-refractivity contribution is -0.143. The number of aliphatic imine (C=N–C) groups is 1. The van der Waals surface area contributed by atoms with E-state index in [0.717, 1.165) is 0 Å². The molecule has 22 nitrogen and oxygen atoms in total. The first-order valence-electron chi connectivity index (χ1n) is 15.1. The first kappa shape index (κ1) is 40.1. The number of carbonyl (C=O) groups is 8. The maximum atomic E-state index is 13.7. The number of ketones is 3. The van der Waals surface area contributed by atoms with Crippen LogP contribution < -0.4 is 54.8 Å². The van der Waals surface area contributed by atoms with Gasteiger partial charge in [0.05, 0.1) is 25.2 Å². The number of rotatable bonds is 10. The fraction of sp³-hybridized carbons (Fsp3) is 0.593. The topological polar surface area (TPSA) is 386 Å². The van der Waals surface area contributed by atoms with E-state index in [1.165, 1.54) is 0 Å². The van der Waals surface area contributed by atoms with Gasteiger partial charge in [-0.3, -0.25) is 33.6 Å². The van der Waals surface area contributed by atoms with Gasteiger partial charge in [0.15, 0.2) is 18.0 Å². The SMILES string of the molecule is NCCC[C@H](N)CC(=O)NC1CNC(=O)[C@H]([C@H]2C[C@H](O)N=C(N)N2)C(=O)C(=O)/C(=C/NC(N)=O)NC(=O)[C@H](CO)CC(=O)[C@H](CO)NC1=O. The molecule has 2 rings (SSSR count). The third kappa shape index (κ3) is 12.2. The molecule has 2 aliphatic rings. The maximum Gasteiger partial charge on any atom is 0.316 e. The molecule has 1 saturated heterocycles. The number of nitrogens with one attached hydrogen (secondary N) is 6. The lowest BCUT2D eigenvalue weighted by Gasteiger charge is -2.31. The van der Waals surface area contributed by atoms with Crippen LogP contribution in [0.1, 0.15) is 32.1 Å². The third-order valence-corrected chi connectivity index (χ3v) is 7.42. The number of aliphatic hydroxyl groups is 3. The normalized spacial score (nSPS) is 27.6. The van der Waals surface area contributed by atoms with Gasteiger partial charge < -0.3 is 70.2 Å². The summed E-state index contributed by atoms with van der Waals surface area (Å²) in [5.41, 5.74) is 21.2. The fourth-order valence-corrected chi connectivity index (χ4v) is 4.86. The van der Waals surface area contributed by atoms with E-state index in [-0.39, 0.29) is 6.42 Å². The summed E-state index contributed by atoms with van der Waals surface area (Å²) in [6.07, 6.45) is -1.61. The number of nitrogens with two attached hydrogens (primary N) is 4. The molecule has 0 saturated carbocycles. The molecule has 6 amide bonds. The zero-order valence-electron chi connectivity index (χ0n) is 26.3. The van der Waals surface area contributed by atoms with Crippen LogP contribution in [0.15, 0.2) is 16.9 Å². The molecule has 0 radical (unpaired) electrons. The molecule has 7 atom stereocenters. The van der Waals surface area contributed by atoms with Crippen molar-refractivity contribution in [2.24, 2.45) is 39.8 Å². The van der Waals surface area contributed by atoms with Crippen molar-refractivity contribution in [3.05, 3.63) is 11.9 Å². The van der Waals surface area contributed by atoms with Crippen molar-refractivity contribution in [3.63, 3.8) is 0 Å². The minimum Gasteiger partial charge on any atom is -0.396 e. The zero-order valence-corrected chi connectivity index (χ0v) is 26.3. The van der Waals surface area contributed by atoms with Crippen LogP contribution in [-0.2, 0) is 33.6 Å². The summed E-state index contributed by atoms with van der Waals surface area (Å²) in [6, 6.07) is -6.60. The van der Waals surface area contributed by atoms with E-state index in [1.54, 1.807) is 0 Å². The Kier molecular flexibility index (Phi) is 15.6. The highest BCUT2D eigenvalue weighted by Gasteiger charge is 2.43. The van der Waals surface area contributed by atoms with Crippen LogP contribution in [0.4, 0.5) is 4.79 Å². The van der Waals surface area contributed by atoms with E-state index in [0.29, 0.717) is 25.6 Å². The van der Waals surface area contributed by atoms with E-state index in [1.807, 2.05) is 10.6 Å². The number of urea groups is 1. The molecule has 0 aromatic rings. The molecule has 22 heteroatoms. The molecular formula is C27H43N11O11. The Morgan fingerprint density at radius 2 is 1.73 bits per heavy atom. The first-order chi connectivity index (χ1) is 23.1. The van der Waals surface area contributed by atoms with E-state index >= 15 is 0 Å². The largest absolute Gasteiger partial charge is 0.396 e. The van der Waals surface area contributed by atoms with Gasteiger partial charge in [-0.05, 0) is 19.4 Å². The van der Waals surface area contributed by atoms with E-state index < -0.39 is 133 Å². The minimum absolute atomic E-state index is 0.278. The quantitative estimate of drug-likeness (QED) is 0.0573. The number of carbonyl (C=O) groups excluding carboxylic acids is 8. The third-order valence-electron chi connectivity index (χ3n) is 7.42. The van der Waals surface area contributed by atoms with Crippen molar-refractivity contribution in [3.8, 4) is 0 Å². The molecule has 0 aliphatic carbocycles. The highest BCUT2D eigenvalue weighted by Crippen LogP contribution is 2.18. The number of guanidine groups is 1. The van der Waals surface area contributed by atoms with Crippen LogP contribution in [0.25, 0.3) is 0 Å². The number of hydrogen-bond donors (Lipinski definition) is 13. The van der Waals surface area contributed by atoms with Gasteiger partial charge in [0.25, 0.3) is 0 Å². The average Bonchev–Trinajstić information content (AvgIpc) is 3.03. The molecule has 17 N–H and O–H groups in total. The Morgan fingerprint density at radius 3 is 2.33 bits per heavy atom. The van der Waals surface area contributed by atoms with Crippen molar-refractivity contribution in [2.45, 2.75) is 62.5 Å². The second kappa shape index (κ2) is 19.1. The highest BCUT2D eigenvalue weighted by atomic mass is 16.3. The van der Waals surface area contributed by atoms with Gasteiger partial charge in [0.2, 0.25) is 35.2 Å². The van der Waals surface area contributed by atoms with Gasteiger partial charge in [-0.1, -0.05) is 0 Å². The number of Topliss-reactive ketones (excluding diaryl/α,β-unsaturated/α-hetero) is 3. The summed E-state index contributed by atoms with van der Waals surface area (Å²) >= 11 is 0. The molecule has 2 heterocycles. The van der Waals surface area contributed by atoms with Crippen LogP contribution in [0.3, 0.4) is 0 Å². The maximum absolute atomic E-state index is 13.7. The van der Waals surface area contributed by atoms with E-state index in [2.05, 4.69) is 26.3 Å². The Labute approximate surface area is 279 Å². The number of hydrogen-bond acceptors (Lipinski definition) is 16. The van der Waals surface area contributed by atoms with E-state index in [9.17, 15) is 53.7 Å². The molecule has 272 valence electrons. The summed E-state index contributed by atoms with van der Waals surface area (Å²) in [7, 11) is 0. The van der Waals surface area contributed by atoms with Gasteiger partial charge >= 0.3 is 6.03 Å².